The smallest absolute Gasteiger partial charge is 0.152 e. The van der Waals surface area contributed by atoms with Crippen LogP contribution < -0.4 is 0 Å². The van der Waals surface area contributed by atoms with Crippen LogP contribution in [0.4, 0.5) is 0 Å². The standard InChI is InChI=1S/C18H14N2O/c1-13-17(12-21)16-4-2-3-5-18(16)20(13)11-15-8-6-14(10-19)7-9-15/h2-9,12H,11H2,1H3. The van der Waals surface area contributed by atoms with Crippen LogP contribution in [-0.2, 0) is 6.54 Å². The van der Waals surface area contributed by atoms with Crippen molar-refractivity contribution in [3.8, 4) is 6.07 Å². The minimum atomic E-state index is 0.654. The highest BCUT2D eigenvalue weighted by Gasteiger charge is 2.12. The van der Waals surface area contributed by atoms with Crippen LogP contribution in [-0.4, -0.2) is 10.9 Å². The van der Waals surface area contributed by atoms with Gasteiger partial charge in [0, 0.05) is 28.7 Å². The Hall–Kier alpha value is -2.86. The van der Waals surface area contributed by atoms with Gasteiger partial charge in [0.05, 0.1) is 11.6 Å². The molecule has 2 aromatic carbocycles. The van der Waals surface area contributed by atoms with E-state index in [-0.39, 0.29) is 0 Å². The molecule has 0 radical (unpaired) electrons. The lowest BCUT2D eigenvalue weighted by Crippen LogP contribution is -2.02. The second-order valence-corrected chi connectivity index (χ2v) is 5.03. The van der Waals surface area contributed by atoms with E-state index in [1.165, 1.54) is 0 Å². The molecule has 3 heteroatoms. The number of nitrogens with zero attached hydrogens (tertiary/aromatic N) is 2. The van der Waals surface area contributed by atoms with E-state index in [0.717, 1.165) is 34.0 Å². The average Bonchev–Trinajstić information content (AvgIpc) is 2.80. The molecular weight excluding hydrogens is 260 g/mol. The second kappa shape index (κ2) is 5.26. The summed E-state index contributed by atoms with van der Waals surface area (Å²) < 4.78 is 2.14. The van der Waals surface area contributed by atoms with E-state index in [1.807, 2.05) is 55.5 Å². The SMILES string of the molecule is Cc1c(C=O)c2ccccc2n1Cc1ccc(C#N)cc1. The van der Waals surface area contributed by atoms with Crippen molar-refractivity contribution in [1.29, 1.82) is 5.26 Å². The molecule has 0 aliphatic rings. The molecule has 0 fully saturated rings. The zero-order valence-corrected chi connectivity index (χ0v) is 11.7. The molecule has 0 aliphatic heterocycles. The zero-order chi connectivity index (χ0) is 14.8. The van der Waals surface area contributed by atoms with Crippen molar-refractivity contribution < 1.29 is 4.79 Å². The average molecular weight is 274 g/mol. The van der Waals surface area contributed by atoms with E-state index in [9.17, 15) is 4.79 Å². The maximum Gasteiger partial charge on any atom is 0.152 e. The number of para-hydroxylation sites is 1. The number of carbonyl (C=O) groups excluding carboxylic acids is 1. The van der Waals surface area contributed by atoms with E-state index in [0.29, 0.717) is 12.1 Å². The molecule has 1 aromatic heterocycles. The molecule has 3 rings (SSSR count). The number of hydrogen-bond donors (Lipinski definition) is 0. The van der Waals surface area contributed by atoms with Crippen molar-refractivity contribution in [2.24, 2.45) is 0 Å². The summed E-state index contributed by atoms with van der Waals surface area (Å²) in [6.07, 6.45) is 0.924. The van der Waals surface area contributed by atoms with Crippen LogP contribution in [0.2, 0.25) is 0 Å². The first kappa shape index (κ1) is 13.1. The summed E-state index contributed by atoms with van der Waals surface area (Å²) in [5, 5.41) is 9.83. The summed E-state index contributed by atoms with van der Waals surface area (Å²) in [4.78, 5) is 11.3. The molecule has 21 heavy (non-hydrogen) atoms. The van der Waals surface area contributed by atoms with E-state index in [1.54, 1.807) is 0 Å². The predicted octanol–water partition coefficient (Wildman–Crippen LogP) is 3.68. The highest BCUT2D eigenvalue weighted by atomic mass is 16.1. The van der Waals surface area contributed by atoms with Gasteiger partial charge in [-0.3, -0.25) is 4.79 Å². The summed E-state index contributed by atoms with van der Waals surface area (Å²) in [6.45, 7) is 2.65. The molecule has 0 N–H and O–H groups in total. The van der Waals surface area contributed by atoms with Gasteiger partial charge in [-0.15, -0.1) is 0 Å². The number of nitriles is 1. The highest BCUT2D eigenvalue weighted by Crippen LogP contribution is 2.25. The first-order chi connectivity index (χ1) is 10.2. The summed E-state index contributed by atoms with van der Waals surface area (Å²) in [7, 11) is 0. The fraction of sp³-hybridized carbons (Fsp3) is 0.111. The number of hydrogen-bond acceptors (Lipinski definition) is 2. The summed E-state index contributed by atoms with van der Waals surface area (Å²) >= 11 is 0. The largest absolute Gasteiger partial charge is 0.340 e. The topological polar surface area (TPSA) is 45.8 Å². The number of rotatable bonds is 3. The predicted molar refractivity (Wildman–Crippen MR) is 82.3 cm³/mol. The lowest BCUT2D eigenvalue weighted by atomic mass is 10.1. The third kappa shape index (κ3) is 2.21. The summed E-state index contributed by atoms with van der Waals surface area (Å²) in [5.41, 5.74) is 4.54. The highest BCUT2D eigenvalue weighted by molar-refractivity contribution is 5.99. The molecule has 0 unspecified atom stereocenters. The lowest BCUT2D eigenvalue weighted by Gasteiger charge is -2.08. The Kier molecular flexibility index (Phi) is 3.29. The molecule has 0 amide bonds. The Labute approximate surface area is 123 Å². The first-order valence-electron chi connectivity index (χ1n) is 6.76. The second-order valence-electron chi connectivity index (χ2n) is 5.03. The van der Waals surface area contributed by atoms with Crippen molar-refractivity contribution in [1.82, 2.24) is 4.57 Å². The number of aldehydes is 1. The summed E-state index contributed by atoms with van der Waals surface area (Å²) in [6, 6.07) is 17.6. The fourth-order valence-corrected chi connectivity index (χ4v) is 2.68. The van der Waals surface area contributed by atoms with Gasteiger partial charge in [0.2, 0.25) is 0 Å². The van der Waals surface area contributed by atoms with Gasteiger partial charge in [-0.05, 0) is 30.7 Å². The van der Waals surface area contributed by atoms with Gasteiger partial charge in [-0.1, -0.05) is 30.3 Å². The van der Waals surface area contributed by atoms with Crippen LogP contribution in [0.5, 0.6) is 0 Å². The third-order valence-electron chi connectivity index (χ3n) is 3.82. The fourth-order valence-electron chi connectivity index (χ4n) is 2.68. The maximum atomic E-state index is 11.3. The van der Waals surface area contributed by atoms with Crippen molar-refractivity contribution in [3.05, 3.63) is 70.9 Å². The van der Waals surface area contributed by atoms with Crippen LogP contribution >= 0.6 is 0 Å². The molecule has 0 spiro atoms. The Morgan fingerprint density at radius 1 is 1.14 bits per heavy atom. The van der Waals surface area contributed by atoms with Crippen molar-refractivity contribution in [3.63, 3.8) is 0 Å². The number of benzene rings is 2. The van der Waals surface area contributed by atoms with Crippen molar-refractivity contribution in [2.45, 2.75) is 13.5 Å². The monoisotopic (exact) mass is 274 g/mol. The Morgan fingerprint density at radius 2 is 1.86 bits per heavy atom. The van der Waals surface area contributed by atoms with Gasteiger partial charge in [0.1, 0.15) is 0 Å². The van der Waals surface area contributed by atoms with E-state index in [4.69, 9.17) is 5.26 Å². The normalized spacial score (nSPS) is 10.5. The molecule has 3 aromatic rings. The van der Waals surface area contributed by atoms with Crippen LogP contribution in [0.25, 0.3) is 10.9 Å². The molecule has 3 nitrogen and oxygen atoms in total. The number of fused-ring (bicyclic) bond motifs is 1. The Morgan fingerprint density at radius 3 is 2.52 bits per heavy atom. The van der Waals surface area contributed by atoms with Crippen LogP contribution in [0, 0.1) is 18.3 Å². The molecule has 0 saturated carbocycles. The van der Waals surface area contributed by atoms with Gasteiger partial charge in [0.15, 0.2) is 6.29 Å². The number of carbonyl (C=O) groups is 1. The van der Waals surface area contributed by atoms with Gasteiger partial charge >= 0.3 is 0 Å². The van der Waals surface area contributed by atoms with E-state index in [2.05, 4.69) is 10.6 Å². The maximum absolute atomic E-state index is 11.3. The van der Waals surface area contributed by atoms with Crippen molar-refractivity contribution in [2.75, 3.05) is 0 Å². The lowest BCUT2D eigenvalue weighted by molar-refractivity contribution is 0.112. The van der Waals surface area contributed by atoms with Gasteiger partial charge < -0.3 is 4.57 Å². The zero-order valence-electron chi connectivity index (χ0n) is 11.7. The van der Waals surface area contributed by atoms with Crippen LogP contribution in [0.1, 0.15) is 27.2 Å². The molecule has 0 atom stereocenters. The minimum absolute atomic E-state index is 0.654. The van der Waals surface area contributed by atoms with Crippen LogP contribution in [0.15, 0.2) is 48.5 Å². The van der Waals surface area contributed by atoms with E-state index < -0.39 is 0 Å². The Balaban J connectivity index is 2.10. The Bertz CT molecular complexity index is 851. The molecular formula is C18H14N2O. The minimum Gasteiger partial charge on any atom is -0.340 e. The molecule has 0 aliphatic carbocycles. The van der Waals surface area contributed by atoms with Gasteiger partial charge in [-0.25, -0.2) is 0 Å². The molecule has 0 saturated heterocycles. The van der Waals surface area contributed by atoms with Gasteiger partial charge in [0.25, 0.3) is 0 Å². The van der Waals surface area contributed by atoms with Crippen LogP contribution in [0.3, 0.4) is 0 Å². The molecule has 0 bridgehead atoms. The van der Waals surface area contributed by atoms with E-state index >= 15 is 0 Å². The van der Waals surface area contributed by atoms with Gasteiger partial charge in [-0.2, -0.15) is 5.26 Å². The van der Waals surface area contributed by atoms with Crippen molar-refractivity contribution >= 4 is 17.2 Å². The third-order valence-corrected chi connectivity index (χ3v) is 3.82. The first-order valence-corrected chi connectivity index (χ1v) is 6.76. The molecule has 1 heterocycles. The quantitative estimate of drug-likeness (QED) is 0.684. The summed E-state index contributed by atoms with van der Waals surface area (Å²) in [5.74, 6) is 0. The number of aromatic nitrogens is 1. The molecule has 102 valence electrons.